The highest BCUT2D eigenvalue weighted by atomic mass is 127. The average Bonchev–Trinajstić information content (AvgIpc) is 2.80. The molecule has 2 aromatic rings. The van der Waals surface area contributed by atoms with Crippen LogP contribution < -0.4 is 5.46 Å². The molecule has 1 saturated heterocycles. The van der Waals surface area contributed by atoms with Crippen molar-refractivity contribution in [1.29, 1.82) is 0 Å². The molecule has 0 aliphatic carbocycles. The van der Waals surface area contributed by atoms with Crippen LogP contribution in [0.4, 0.5) is 4.39 Å². The first-order chi connectivity index (χ1) is 9.70. The fourth-order valence-corrected chi connectivity index (χ4v) is 4.47. The summed E-state index contributed by atoms with van der Waals surface area (Å²) in [6.45, 7) is 10.3. The topological polar surface area (TPSA) is 27.1 Å². The maximum Gasteiger partial charge on any atom is 0.336 e. The maximum absolute atomic E-state index is 14.4. The Morgan fingerprint density at radius 1 is 1.38 bits per heavy atom. The third-order valence-corrected chi connectivity index (χ3v) is 6.97. The summed E-state index contributed by atoms with van der Waals surface area (Å²) in [5.41, 5.74) is 2.27. The van der Waals surface area contributed by atoms with Gasteiger partial charge in [-0.3, -0.25) is 0 Å². The lowest BCUT2D eigenvalue weighted by molar-refractivity contribution is -0.00934. The molecule has 7 heteroatoms. The summed E-state index contributed by atoms with van der Waals surface area (Å²) < 4.78 is 22.3. The Morgan fingerprint density at radius 3 is 2.57 bits per heavy atom. The van der Waals surface area contributed by atoms with Crippen LogP contribution in [0.3, 0.4) is 0 Å². The molecule has 0 amide bonds. The van der Waals surface area contributed by atoms with Gasteiger partial charge < -0.3 is 4.65 Å². The molecule has 0 bridgehead atoms. The first-order valence-electron chi connectivity index (χ1n) is 6.92. The van der Waals surface area contributed by atoms with E-state index in [0.717, 1.165) is 16.4 Å². The van der Waals surface area contributed by atoms with Crippen molar-refractivity contribution in [3.05, 3.63) is 23.6 Å². The summed E-state index contributed by atoms with van der Waals surface area (Å²) in [5, 5.41) is 5.34. The number of hydrogen-bond donors (Lipinski definition) is 0. The first-order valence-corrected chi connectivity index (χ1v) is 11.0. The van der Waals surface area contributed by atoms with Crippen LogP contribution in [0.15, 0.2) is 12.3 Å². The van der Waals surface area contributed by atoms with Crippen molar-refractivity contribution < 1.29 is 9.04 Å². The average molecular weight is 418 g/mol. The number of aromatic nitrogens is 2. The van der Waals surface area contributed by atoms with Crippen molar-refractivity contribution in [3.63, 3.8) is 0 Å². The Bertz CT molecular complexity index is 731. The van der Waals surface area contributed by atoms with Gasteiger partial charge in [-0.05, 0) is 53.8 Å². The van der Waals surface area contributed by atoms with E-state index in [0.29, 0.717) is 11.9 Å². The number of halogens is 2. The van der Waals surface area contributed by atoms with Crippen LogP contribution in [0.2, 0.25) is 5.31 Å². The normalized spacial score (nSPS) is 20.4. The Hall–Kier alpha value is -0.195. The Balaban J connectivity index is 2.24. The van der Waals surface area contributed by atoms with E-state index in [-0.39, 0.29) is 23.6 Å². The lowest BCUT2D eigenvalue weighted by atomic mass is 9.32. The minimum atomic E-state index is -0.205. The van der Waals surface area contributed by atoms with Crippen LogP contribution in [0.5, 0.6) is 0 Å². The molecule has 1 fully saturated rings. The van der Waals surface area contributed by atoms with Gasteiger partial charge in [-0.1, -0.05) is 13.8 Å². The summed E-state index contributed by atoms with van der Waals surface area (Å²) >= 11 is 2.26. The van der Waals surface area contributed by atoms with E-state index in [1.54, 1.807) is 6.07 Å². The molecule has 3 nitrogen and oxygen atoms in total. The zero-order valence-electron chi connectivity index (χ0n) is 12.8. The molecule has 1 aliphatic heterocycles. The maximum atomic E-state index is 14.4. The quantitative estimate of drug-likeness (QED) is 0.418. The molecule has 2 heterocycles. The Labute approximate surface area is 139 Å². The van der Waals surface area contributed by atoms with Gasteiger partial charge in [-0.25, -0.2) is 8.84 Å². The SMILES string of the molecule is Cc1c(F)cc2c(cnn2PI)c1B1OC(C)(C)C1(C)C. The zero-order valence-corrected chi connectivity index (χ0v) is 15.9. The summed E-state index contributed by atoms with van der Waals surface area (Å²) in [4.78, 5) is 0. The largest absolute Gasteiger partial charge is 0.425 e. The van der Waals surface area contributed by atoms with Gasteiger partial charge in [-0.15, -0.1) is 0 Å². The third kappa shape index (κ3) is 2.09. The molecule has 1 atom stereocenters. The molecular formula is C14H18BFIN2OP. The van der Waals surface area contributed by atoms with Crippen molar-refractivity contribution in [2.75, 3.05) is 0 Å². The van der Waals surface area contributed by atoms with E-state index in [1.807, 2.05) is 17.6 Å². The zero-order chi connectivity index (χ0) is 15.6. The van der Waals surface area contributed by atoms with Gasteiger partial charge in [0.05, 0.1) is 18.1 Å². The number of fused-ring (bicyclic) bond motifs is 1. The molecule has 1 aromatic heterocycles. The van der Waals surface area contributed by atoms with E-state index in [1.165, 1.54) is 0 Å². The molecule has 0 N–H and O–H groups in total. The number of hydrogen-bond acceptors (Lipinski definition) is 2. The first kappa shape index (κ1) is 15.7. The van der Waals surface area contributed by atoms with Gasteiger partial charge in [-0.2, -0.15) is 5.10 Å². The number of benzene rings is 1. The molecule has 1 unspecified atom stereocenters. The van der Waals surface area contributed by atoms with Gasteiger partial charge in [0.2, 0.25) is 0 Å². The highest BCUT2D eigenvalue weighted by Crippen LogP contribution is 2.53. The second-order valence-corrected chi connectivity index (χ2v) is 8.74. The van der Waals surface area contributed by atoms with Crippen molar-refractivity contribution in [2.45, 2.75) is 45.5 Å². The van der Waals surface area contributed by atoms with E-state index >= 15 is 0 Å². The lowest BCUT2D eigenvalue weighted by Crippen LogP contribution is -2.67. The smallest absolute Gasteiger partial charge is 0.336 e. The fourth-order valence-electron chi connectivity index (χ4n) is 2.94. The predicted molar refractivity (Wildman–Crippen MR) is 96.8 cm³/mol. The standard InChI is InChI=1S/C14H18BFIN2OP/c1-8-10(16)6-11-9(7-18-19(11)21-17)12(8)15-13(2,3)14(4,5)20-15/h6-7,21H,1-5H3. The second kappa shape index (κ2) is 4.90. The molecule has 1 aliphatic rings. The summed E-state index contributed by atoms with van der Waals surface area (Å²) in [7, 11) is 0. The molecule has 3 rings (SSSR count). The highest BCUT2D eigenvalue weighted by Gasteiger charge is 2.60. The molecule has 0 spiro atoms. The second-order valence-electron chi connectivity index (χ2n) is 6.70. The molecule has 21 heavy (non-hydrogen) atoms. The predicted octanol–water partition coefficient (Wildman–Crippen LogP) is 4.06. The molecular weight excluding hydrogens is 400 g/mol. The summed E-state index contributed by atoms with van der Waals surface area (Å²) in [6.07, 6.45) is 2.29. The van der Waals surface area contributed by atoms with Crippen LogP contribution in [-0.4, -0.2) is 22.1 Å². The van der Waals surface area contributed by atoms with Gasteiger partial charge in [0.25, 0.3) is 0 Å². The van der Waals surface area contributed by atoms with Crippen molar-refractivity contribution in [2.24, 2.45) is 0 Å². The van der Waals surface area contributed by atoms with Crippen molar-refractivity contribution in [1.82, 2.24) is 9.55 Å². The molecule has 1 aromatic carbocycles. The van der Waals surface area contributed by atoms with Gasteiger partial charge in [0.1, 0.15) is 5.82 Å². The van der Waals surface area contributed by atoms with E-state index in [9.17, 15) is 4.39 Å². The van der Waals surface area contributed by atoms with Crippen LogP contribution in [0.25, 0.3) is 10.9 Å². The number of rotatable bonds is 2. The molecule has 0 radical (unpaired) electrons. The monoisotopic (exact) mass is 418 g/mol. The van der Waals surface area contributed by atoms with Crippen molar-refractivity contribution in [3.8, 4) is 0 Å². The minimum Gasteiger partial charge on any atom is -0.425 e. The molecule has 112 valence electrons. The van der Waals surface area contributed by atoms with Crippen molar-refractivity contribution >= 4 is 51.7 Å². The summed E-state index contributed by atoms with van der Waals surface area (Å²) in [5.74, 6) is -0.182. The van der Waals surface area contributed by atoms with Crippen LogP contribution in [-0.2, 0) is 4.65 Å². The summed E-state index contributed by atoms with van der Waals surface area (Å²) in [6, 6.07) is 1.59. The minimum absolute atomic E-state index is 0.0484. The molecule has 0 saturated carbocycles. The highest BCUT2D eigenvalue weighted by molar-refractivity contribution is 14.2. The van der Waals surface area contributed by atoms with Crippen LogP contribution >= 0.6 is 28.4 Å². The fraction of sp³-hybridized carbons (Fsp3) is 0.500. The van der Waals surface area contributed by atoms with Crippen LogP contribution in [0.1, 0.15) is 33.3 Å². The van der Waals surface area contributed by atoms with Gasteiger partial charge >= 0.3 is 6.92 Å². The van der Waals surface area contributed by atoms with Gasteiger partial charge in [0.15, 0.2) is 0 Å². The van der Waals surface area contributed by atoms with Gasteiger partial charge in [0, 0.05) is 22.4 Å². The van der Waals surface area contributed by atoms with E-state index in [4.69, 9.17) is 4.65 Å². The van der Waals surface area contributed by atoms with Crippen LogP contribution in [0, 0.1) is 12.7 Å². The third-order valence-electron chi connectivity index (χ3n) is 5.08. The Morgan fingerprint density at radius 2 is 2.05 bits per heavy atom. The number of nitrogens with zero attached hydrogens (tertiary/aromatic N) is 2. The lowest BCUT2D eigenvalue weighted by Gasteiger charge is -2.57. The van der Waals surface area contributed by atoms with E-state index < -0.39 is 0 Å². The Kier molecular flexibility index (Phi) is 3.66. The van der Waals surface area contributed by atoms with E-state index in [2.05, 4.69) is 54.8 Å².